The topological polar surface area (TPSA) is 62.5 Å². The molecule has 1 aromatic heterocycles. The van der Waals surface area contributed by atoms with Crippen molar-refractivity contribution in [3.63, 3.8) is 0 Å². The third-order valence-corrected chi connectivity index (χ3v) is 3.17. The van der Waals surface area contributed by atoms with Crippen LogP contribution in [0.5, 0.6) is 0 Å². The molecule has 1 heterocycles. The molecule has 0 unspecified atom stereocenters. The maximum Gasteiger partial charge on any atom is 0.226 e. The summed E-state index contributed by atoms with van der Waals surface area (Å²) in [5.74, 6) is 1.47. The van der Waals surface area contributed by atoms with E-state index in [0.29, 0.717) is 11.9 Å². The number of aromatic nitrogens is 1. The molecule has 0 spiro atoms. The lowest BCUT2D eigenvalue weighted by atomic mass is 10.1. The van der Waals surface area contributed by atoms with E-state index in [1.165, 1.54) is 5.56 Å². The molecular weight excluding hydrogens is 276 g/mol. The van der Waals surface area contributed by atoms with Gasteiger partial charge in [-0.1, -0.05) is 17.7 Å². The number of benzene rings is 1. The third kappa shape index (κ3) is 4.62. The van der Waals surface area contributed by atoms with Crippen molar-refractivity contribution in [2.45, 2.75) is 33.2 Å². The third-order valence-electron chi connectivity index (χ3n) is 3.17. The molecule has 0 atom stereocenters. The van der Waals surface area contributed by atoms with Crippen molar-refractivity contribution in [3.05, 3.63) is 41.8 Å². The summed E-state index contributed by atoms with van der Waals surface area (Å²) in [6.07, 6.45) is 2.50. The van der Waals surface area contributed by atoms with Crippen molar-refractivity contribution in [1.29, 1.82) is 0 Å². The molecule has 2 N–H and O–H groups in total. The lowest BCUT2D eigenvalue weighted by Crippen LogP contribution is -2.41. The Hall–Kier alpha value is -2.30. The van der Waals surface area contributed by atoms with Crippen LogP contribution in [0, 0.1) is 6.92 Å². The number of aliphatic imine (C=N–C) groups is 1. The van der Waals surface area contributed by atoms with E-state index >= 15 is 0 Å². The average molecular weight is 300 g/mol. The first-order valence-electron chi connectivity index (χ1n) is 7.57. The molecule has 5 heteroatoms. The van der Waals surface area contributed by atoms with E-state index in [2.05, 4.69) is 53.5 Å². The van der Waals surface area contributed by atoms with Crippen LogP contribution >= 0.6 is 0 Å². The van der Waals surface area contributed by atoms with E-state index in [1.54, 1.807) is 13.3 Å². The standard InChI is InChI=1S/C17H24N4O/c1-12(2)20-17(18-4)19-10-9-15-11-22-16(21-15)14-7-5-13(3)6-8-14/h5-8,11-12H,9-10H2,1-4H3,(H2,18,19,20). The second kappa shape index (κ2) is 7.64. The quantitative estimate of drug-likeness (QED) is 0.658. The van der Waals surface area contributed by atoms with Crippen LogP contribution in [0.3, 0.4) is 0 Å². The molecule has 0 saturated carbocycles. The van der Waals surface area contributed by atoms with Crippen molar-refractivity contribution >= 4 is 5.96 Å². The van der Waals surface area contributed by atoms with Crippen molar-refractivity contribution in [2.75, 3.05) is 13.6 Å². The van der Waals surface area contributed by atoms with Crippen LogP contribution in [-0.4, -0.2) is 30.6 Å². The van der Waals surface area contributed by atoms with Crippen molar-refractivity contribution in [1.82, 2.24) is 15.6 Å². The number of rotatable bonds is 5. The maximum absolute atomic E-state index is 5.55. The van der Waals surface area contributed by atoms with Gasteiger partial charge in [0.2, 0.25) is 5.89 Å². The molecule has 2 rings (SSSR count). The number of nitrogens with one attached hydrogen (secondary N) is 2. The first-order valence-corrected chi connectivity index (χ1v) is 7.57. The van der Waals surface area contributed by atoms with Gasteiger partial charge >= 0.3 is 0 Å². The largest absolute Gasteiger partial charge is 0.444 e. The van der Waals surface area contributed by atoms with Crippen LogP contribution in [0.25, 0.3) is 11.5 Å². The van der Waals surface area contributed by atoms with Gasteiger partial charge in [-0.2, -0.15) is 0 Å². The van der Waals surface area contributed by atoms with Gasteiger partial charge in [0, 0.05) is 31.6 Å². The van der Waals surface area contributed by atoms with Crippen LogP contribution in [0.2, 0.25) is 0 Å². The van der Waals surface area contributed by atoms with E-state index in [-0.39, 0.29) is 0 Å². The number of oxazole rings is 1. The summed E-state index contributed by atoms with van der Waals surface area (Å²) < 4.78 is 5.55. The molecule has 0 radical (unpaired) electrons. The van der Waals surface area contributed by atoms with Gasteiger partial charge in [-0.05, 0) is 32.9 Å². The van der Waals surface area contributed by atoms with Crippen LogP contribution in [0.15, 0.2) is 39.9 Å². The van der Waals surface area contributed by atoms with Gasteiger partial charge in [-0.25, -0.2) is 4.98 Å². The normalized spacial score (nSPS) is 11.8. The zero-order chi connectivity index (χ0) is 15.9. The van der Waals surface area contributed by atoms with Gasteiger partial charge in [0.05, 0.1) is 5.69 Å². The highest BCUT2D eigenvalue weighted by molar-refractivity contribution is 5.79. The van der Waals surface area contributed by atoms with Gasteiger partial charge < -0.3 is 15.1 Å². The molecule has 1 aromatic carbocycles. The molecule has 5 nitrogen and oxygen atoms in total. The molecule has 0 fully saturated rings. The Labute approximate surface area is 131 Å². The molecule has 118 valence electrons. The number of hydrogen-bond donors (Lipinski definition) is 2. The smallest absolute Gasteiger partial charge is 0.226 e. The van der Waals surface area contributed by atoms with E-state index in [1.807, 2.05) is 12.1 Å². The Morgan fingerprint density at radius 2 is 2.00 bits per heavy atom. The molecule has 0 aliphatic rings. The summed E-state index contributed by atoms with van der Waals surface area (Å²) in [4.78, 5) is 8.70. The Morgan fingerprint density at radius 1 is 1.27 bits per heavy atom. The molecule has 22 heavy (non-hydrogen) atoms. The number of nitrogens with zero attached hydrogens (tertiary/aromatic N) is 2. The van der Waals surface area contributed by atoms with Crippen molar-refractivity contribution < 1.29 is 4.42 Å². The van der Waals surface area contributed by atoms with Crippen LogP contribution in [0.4, 0.5) is 0 Å². The minimum atomic E-state index is 0.353. The highest BCUT2D eigenvalue weighted by Gasteiger charge is 2.07. The summed E-state index contributed by atoms with van der Waals surface area (Å²) in [5.41, 5.74) is 3.16. The van der Waals surface area contributed by atoms with Crippen LogP contribution in [-0.2, 0) is 6.42 Å². The van der Waals surface area contributed by atoms with Crippen molar-refractivity contribution in [3.8, 4) is 11.5 Å². The lowest BCUT2D eigenvalue weighted by Gasteiger charge is -2.13. The average Bonchev–Trinajstić information content (AvgIpc) is 2.95. The minimum Gasteiger partial charge on any atom is -0.444 e. The first kappa shape index (κ1) is 16.1. The zero-order valence-corrected chi connectivity index (χ0v) is 13.7. The Kier molecular flexibility index (Phi) is 5.58. The predicted octanol–water partition coefficient (Wildman–Crippen LogP) is 2.77. The van der Waals surface area contributed by atoms with Gasteiger partial charge in [-0.3, -0.25) is 4.99 Å². The monoisotopic (exact) mass is 300 g/mol. The second-order valence-corrected chi connectivity index (χ2v) is 5.56. The van der Waals surface area contributed by atoms with Gasteiger partial charge in [0.1, 0.15) is 6.26 Å². The predicted molar refractivity (Wildman–Crippen MR) is 90.0 cm³/mol. The SMILES string of the molecule is CN=C(NCCc1coc(-c2ccc(C)cc2)n1)NC(C)C. The van der Waals surface area contributed by atoms with Crippen molar-refractivity contribution in [2.24, 2.45) is 4.99 Å². The fourth-order valence-corrected chi connectivity index (χ4v) is 2.03. The zero-order valence-electron chi connectivity index (χ0n) is 13.7. The minimum absolute atomic E-state index is 0.353. The maximum atomic E-state index is 5.55. The fraction of sp³-hybridized carbons (Fsp3) is 0.412. The van der Waals surface area contributed by atoms with E-state index < -0.39 is 0 Å². The van der Waals surface area contributed by atoms with Gasteiger partial charge in [0.25, 0.3) is 0 Å². The molecule has 0 aliphatic carbocycles. The van der Waals surface area contributed by atoms with Crippen LogP contribution < -0.4 is 10.6 Å². The lowest BCUT2D eigenvalue weighted by molar-refractivity contribution is 0.572. The molecule has 0 amide bonds. The number of hydrogen-bond acceptors (Lipinski definition) is 3. The molecular formula is C17H24N4O. The molecule has 2 aromatic rings. The summed E-state index contributed by atoms with van der Waals surface area (Å²) in [6.45, 7) is 6.98. The molecule has 0 saturated heterocycles. The number of guanidine groups is 1. The van der Waals surface area contributed by atoms with E-state index in [0.717, 1.165) is 30.2 Å². The van der Waals surface area contributed by atoms with Gasteiger partial charge in [-0.15, -0.1) is 0 Å². The summed E-state index contributed by atoms with van der Waals surface area (Å²) in [7, 11) is 1.77. The Bertz CT molecular complexity index is 614. The highest BCUT2D eigenvalue weighted by atomic mass is 16.3. The Balaban J connectivity index is 1.88. The van der Waals surface area contributed by atoms with E-state index in [4.69, 9.17) is 4.42 Å². The molecule has 0 bridgehead atoms. The second-order valence-electron chi connectivity index (χ2n) is 5.56. The van der Waals surface area contributed by atoms with Crippen LogP contribution in [0.1, 0.15) is 25.1 Å². The Morgan fingerprint density at radius 3 is 2.64 bits per heavy atom. The van der Waals surface area contributed by atoms with E-state index in [9.17, 15) is 0 Å². The van der Waals surface area contributed by atoms with Gasteiger partial charge in [0.15, 0.2) is 5.96 Å². The number of aryl methyl sites for hydroxylation is 1. The fourth-order valence-electron chi connectivity index (χ4n) is 2.03. The molecule has 0 aliphatic heterocycles. The highest BCUT2D eigenvalue weighted by Crippen LogP contribution is 2.19. The summed E-state index contributed by atoms with van der Waals surface area (Å²) >= 11 is 0. The summed E-state index contributed by atoms with van der Waals surface area (Å²) in [6, 6.07) is 8.52. The first-order chi connectivity index (χ1) is 10.6. The summed E-state index contributed by atoms with van der Waals surface area (Å²) in [5, 5.41) is 6.51.